The van der Waals surface area contributed by atoms with Gasteiger partial charge in [-0.15, -0.1) is 0 Å². The van der Waals surface area contributed by atoms with Gasteiger partial charge in [-0.2, -0.15) is 0 Å². The van der Waals surface area contributed by atoms with Crippen LogP contribution in [-0.2, 0) is 30.2 Å². The van der Waals surface area contributed by atoms with Gasteiger partial charge in [-0.05, 0) is 64.2 Å². The second-order valence-electron chi connectivity index (χ2n) is 10.1. The zero-order valence-corrected chi connectivity index (χ0v) is 20.5. The Kier molecular flexibility index (Phi) is 7.03. The predicted molar refractivity (Wildman–Crippen MR) is 127 cm³/mol. The van der Waals surface area contributed by atoms with Gasteiger partial charge < -0.3 is 24.7 Å². The number of epoxide rings is 2. The molecule has 3 N–H and O–H groups in total. The molecule has 0 bridgehead atoms. The van der Waals surface area contributed by atoms with Gasteiger partial charge in [0.15, 0.2) is 0 Å². The molecule has 1 aliphatic carbocycles. The van der Waals surface area contributed by atoms with Gasteiger partial charge in [0.25, 0.3) is 0 Å². The number of amides is 2. The third kappa shape index (κ3) is 5.29. The molecule has 3 unspecified atom stereocenters. The average Bonchev–Trinajstić information content (AvgIpc) is 3.70. The number of aryl methyl sites for hydroxylation is 1. The second kappa shape index (κ2) is 9.68. The van der Waals surface area contributed by atoms with E-state index in [1.54, 1.807) is 19.2 Å². The SMILES string of the molecule is COC1C(OC(=O)NC(=O)CCc2ccc(N)cc2)CC[C@]2(CO2)C1[C@]1(C)O[C@@H]1CC=C(C)C. The van der Waals surface area contributed by atoms with Crippen LogP contribution < -0.4 is 11.1 Å². The van der Waals surface area contributed by atoms with Gasteiger partial charge in [-0.3, -0.25) is 10.1 Å². The van der Waals surface area contributed by atoms with Crippen molar-refractivity contribution in [3.05, 3.63) is 41.5 Å². The molecule has 2 saturated heterocycles. The Morgan fingerprint density at radius 1 is 1.26 bits per heavy atom. The number of benzene rings is 1. The molecule has 1 spiro atoms. The number of carbonyl (C=O) groups excluding carboxylic acids is 2. The minimum atomic E-state index is -0.747. The number of rotatable bonds is 8. The fraction of sp³-hybridized carbons (Fsp3) is 0.615. The highest BCUT2D eigenvalue weighted by molar-refractivity contribution is 5.91. The van der Waals surface area contributed by atoms with E-state index >= 15 is 0 Å². The fourth-order valence-electron chi connectivity index (χ4n) is 5.36. The van der Waals surface area contributed by atoms with E-state index in [1.807, 2.05) is 12.1 Å². The van der Waals surface area contributed by atoms with Gasteiger partial charge >= 0.3 is 6.09 Å². The molecule has 1 aromatic carbocycles. The molecule has 8 heteroatoms. The molecule has 0 aromatic heterocycles. The number of ether oxygens (including phenoxy) is 4. The number of methoxy groups -OCH3 is 1. The number of hydrogen-bond acceptors (Lipinski definition) is 7. The van der Waals surface area contributed by atoms with Crippen molar-refractivity contribution < 1.29 is 28.5 Å². The molecular weight excluding hydrogens is 436 g/mol. The van der Waals surface area contributed by atoms with E-state index in [1.165, 1.54) is 5.57 Å². The number of imide groups is 1. The summed E-state index contributed by atoms with van der Waals surface area (Å²) in [7, 11) is 1.63. The summed E-state index contributed by atoms with van der Waals surface area (Å²) < 4.78 is 23.7. The fourth-order valence-corrected chi connectivity index (χ4v) is 5.36. The predicted octanol–water partition coefficient (Wildman–Crippen LogP) is 3.53. The Morgan fingerprint density at radius 3 is 2.59 bits per heavy atom. The number of hydrogen-bond donors (Lipinski definition) is 2. The molecule has 6 atom stereocenters. The highest BCUT2D eigenvalue weighted by Crippen LogP contribution is 2.59. The van der Waals surface area contributed by atoms with E-state index < -0.39 is 17.8 Å². The van der Waals surface area contributed by atoms with Gasteiger partial charge in [0.05, 0.1) is 18.6 Å². The lowest BCUT2D eigenvalue weighted by Crippen LogP contribution is -2.56. The maximum Gasteiger partial charge on any atom is 0.414 e. The smallest absolute Gasteiger partial charge is 0.414 e. The third-order valence-electron chi connectivity index (χ3n) is 7.36. The van der Waals surface area contributed by atoms with Crippen LogP contribution in [0.25, 0.3) is 0 Å². The summed E-state index contributed by atoms with van der Waals surface area (Å²) in [6.07, 6.45) is 3.52. The molecular formula is C26H36N2O6. The molecule has 2 amide bonds. The maximum absolute atomic E-state index is 12.5. The molecule has 1 saturated carbocycles. The number of anilines is 1. The summed E-state index contributed by atoms with van der Waals surface area (Å²) in [5.41, 5.74) is 7.88. The van der Waals surface area contributed by atoms with Crippen molar-refractivity contribution in [2.24, 2.45) is 5.92 Å². The topological polar surface area (TPSA) is 116 Å². The van der Waals surface area contributed by atoms with Crippen molar-refractivity contribution in [1.29, 1.82) is 0 Å². The van der Waals surface area contributed by atoms with Crippen molar-refractivity contribution in [1.82, 2.24) is 5.32 Å². The summed E-state index contributed by atoms with van der Waals surface area (Å²) in [5.74, 6) is -0.447. The highest BCUT2D eigenvalue weighted by atomic mass is 16.6. The van der Waals surface area contributed by atoms with Crippen molar-refractivity contribution in [2.45, 2.75) is 82.4 Å². The van der Waals surface area contributed by atoms with Crippen LogP contribution in [-0.4, -0.2) is 55.2 Å². The number of carbonyl (C=O) groups is 2. The van der Waals surface area contributed by atoms with Crippen LogP contribution >= 0.6 is 0 Å². The summed E-state index contributed by atoms with van der Waals surface area (Å²) in [5, 5.41) is 2.35. The van der Waals surface area contributed by atoms with Gasteiger partial charge in [0.2, 0.25) is 5.91 Å². The number of nitrogens with one attached hydrogen (secondary N) is 1. The van der Waals surface area contributed by atoms with Crippen LogP contribution in [0, 0.1) is 5.92 Å². The van der Waals surface area contributed by atoms with E-state index in [9.17, 15) is 9.59 Å². The normalized spacial score (nSPS) is 33.8. The molecule has 4 rings (SSSR count). The van der Waals surface area contributed by atoms with Gasteiger partial charge in [0, 0.05) is 19.2 Å². The van der Waals surface area contributed by atoms with Crippen LogP contribution in [0.5, 0.6) is 0 Å². The van der Waals surface area contributed by atoms with E-state index in [4.69, 9.17) is 24.7 Å². The average molecular weight is 473 g/mol. The van der Waals surface area contributed by atoms with Gasteiger partial charge in [0.1, 0.15) is 23.4 Å². The van der Waals surface area contributed by atoms with Crippen LogP contribution in [0.3, 0.4) is 0 Å². The minimum Gasteiger partial charge on any atom is -0.443 e. The minimum absolute atomic E-state index is 0.0617. The zero-order chi connectivity index (χ0) is 24.5. The first-order chi connectivity index (χ1) is 16.2. The quantitative estimate of drug-likeness (QED) is 0.338. The molecule has 34 heavy (non-hydrogen) atoms. The lowest BCUT2D eigenvalue weighted by Gasteiger charge is -2.42. The summed E-state index contributed by atoms with van der Waals surface area (Å²) >= 11 is 0. The summed E-state index contributed by atoms with van der Waals surface area (Å²) in [6, 6.07) is 7.31. The molecule has 8 nitrogen and oxygen atoms in total. The monoisotopic (exact) mass is 472 g/mol. The molecule has 2 heterocycles. The van der Waals surface area contributed by atoms with E-state index in [0.717, 1.165) is 18.4 Å². The maximum atomic E-state index is 12.5. The third-order valence-corrected chi connectivity index (χ3v) is 7.36. The Hall–Kier alpha value is -2.42. The van der Waals surface area contributed by atoms with Crippen LogP contribution in [0.2, 0.25) is 0 Å². The first-order valence-corrected chi connectivity index (χ1v) is 12.0. The second-order valence-corrected chi connectivity index (χ2v) is 10.1. The zero-order valence-electron chi connectivity index (χ0n) is 20.5. The summed E-state index contributed by atoms with van der Waals surface area (Å²) in [4.78, 5) is 24.8. The molecule has 186 valence electrons. The Morgan fingerprint density at radius 2 is 1.97 bits per heavy atom. The number of alkyl carbamates (subject to hydrolysis) is 1. The molecule has 0 radical (unpaired) electrons. The highest BCUT2D eigenvalue weighted by Gasteiger charge is 2.72. The standard InChI is InChI=1S/C26H36N2O6/c1-16(2)5-11-20-25(3,34-20)23-22(31-4)19(13-14-26(23)15-32-26)33-24(30)28-21(29)12-8-17-6-9-18(27)10-7-17/h5-7,9-10,19-20,22-23H,8,11-15,27H2,1-4H3,(H,28,29,30)/t19?,20-,22?,23?,25-,26+/m1/s1. The van der Waals surface area contributed by atoms with E-state index in [0.29, 0.717) is 25.1 Å². The van der Waals surface area contributed by atoms with Crippen molar-refractivity contribution in [3.63, 3.8) is 0 Å². The number of nitrogens with two attached hydrogens (primary N) is 1. The Labute approximate surface area is 201 Å². The number of nitrogen functional groups attached to an aromatic ring is 1. The van der Waals surface area contributed by atoms with Crippen molar-refractivity contribution in [2.75, 3.05) is 19.5 Å². The Bertz CT molecular complexity index is 937. The van der Waals surface area contributed by atoms with Crippen LogP contribution in [0.4, 0.5) is 10.5 Å². The molecule has 2 aliphatic heterocycles. The van der Waals surface area contributed by atoms with E-state index in [2.05, 4.69) is 32.2 Å². The lowest BCUT2D eigenvalue weighted by molar-refractivity contribution is -0.125. The first kappa shape index (κ1) is 24.7. The molecule has 3 fully saturated rings. The van der Waals surface area contributed by atoms with Crippen LogP contribution in [0.15, 0.2) is 35.9 Å². The Balaban J connectivity index is 1.34. The van der Waals surface area contributed by atoms with Gasteiger partial charge in [-0.25, -0.2) is 4.79 Å². The largest absolute Gasteiger partial charge is 0.443 e. The van der Waals surface area contributed by atoms with Crippen LogP contribution in [0.1, 0.15) is 52.0 Å². The number of allylic oxidation sites excluding steroid dienone is 1. The first-order valence-electron chi connectivity index (χ1n) is 12.0. The summed E-state index contributed by atoms with van der Waals surface area (Å²) in [6.45, 7) is 6.90. The molecule has 3 aliphatic rings. The lowest BCUT2D eigenvalue weighted by atomic mass is 9.68. The van der Waals surface area contributed by atoms with E-state index in [-0.39, 0.29) is 36.1 Å². The van der Waals surface area contributed by atoms with Crippen molar-refractivity contribution in [3.8, 4) is 0 Å². The van der Waals surface area contributed by atoms with Gasteiger partial charge in [-0.1, -0.05) is 23.8 Å². The van der Waals surface area contributed by atoms with Crippen molar-refractivity contribution >= 4 is 17.7 Å². The molecule has 1 aromatic rings.